The summed E-state index contributed by atoms with van der Waals surface area (Å²) in [6, 6.07) is 2.93. The van der Waals surface area contributed by atoms with E-state index in [-0.39, 0.29) is 17.3 Å². The fraction of sp³-hybridized carbons (Fsp3) is 0.400. The van der Waals surface area contributed by atoms with Gasteiger partial charge in [0.05, 0.1) is 12.4 Å². The third-order valence-electron chi connectivity index (χ3n) is 5.79. The number of anilines is 1. The van der Waals surface area contributed by atoms with Crippen molar-refractivity contribution in [3.8, 4) is 5.88 Å². The smallest absolute Gasteiger partial charge is 0.278 e. The highest BCUT2D eigenvalue weighted by molar-refractivity contribution is 7.92. The number of aliphatic imine (C=N–C) groups is 1. The largest absolute Gasteiger partial charge is 0.445 e. The Balaban J connectivity index is 1.99. The number of hydrogen-bond acceptors (Lipinski definition) is 8. The summed E-state index contributed by atoms with van der Waals surface area (Å²) in [6.07, 6.45) is 1.55. The van der Waals surface area contributed by atoms with Gasteiger partial charge in [-0.25, -0.2) is 35.9 Å². The Morgan fingerprint density at radius 1 is 1.24 bits per heavy atom. The van der Waals surface area contributed by atoms with Crippen molar-refractivity contribution in [2.45, 2.75) is 36.5 Å². The Morgan fingerprint density at radius 3 is 2.47 bits per heavy atom. The molecule has 0 bridgehead atoms. The van der Waals surface area contributed by atoms with Crippen LogP contribution in [0.5, 0.6) is 5.88 Å². The van der Waals surface area contributed by atoms with Gasteiger partial charge in [-0.15, -0.1) is 0 Å². The molecule has 1 amide bonds. The standard InChI is InChI=1S/C20H21F4N5O4S/c1-18(34(3,31)32)9-20(23,24)19(2,29-17(18)25)12-6-11(4-5-13(12)22)28-16(30)14-7-27-15(8-26-14)33-10-21/h4-8H,9-10H2,1-3H3,(H2,25,29)(H,28,30)/t18-,19-/m1/s1. The number of carbonyl (C=O) groups excluding carboxylic acids is 1. The lowest BCUT2D eigenvalue weighted by molar-refractivity contribution is -0.0862. The monoisotopic (exact) mass is 503 g/mol. The number of ether oxygens (including phenoxy) is 1. The van der Waals surface area contributed by atoms with E-state index in [9.17, 15) is 22.0 Å². The first-order valence-electron chi connectivity index (χ1n) is 9.70. The molecule has 2 atom stereocenters. The molecule has 14 heteroatoms. The van der Waals surface area contributed by atoms with Crippen molar-refractivity contribution in [3.63, 3.8) is 0 Å². The van der Waals surface area contributed by atoms with Crippen LogP contribution in [0.25, 0.3) is 0 Å². The molecule has 1 aromatic carbocycles. The number of halogens is 4. The van der Waals surface area contributed by atoms with Gasteiger partial charge in [0.25, 0.3) is 11.8 Å². The molecule has 0 radical (unpaired) electrons. The molecule has 0 fully saturated rings. The van der Waals surface area contributed by atoms with Crippen LogP contribution in [0.3, 0.4) is 0 Å². The summed E-state index contributed by atoms with van der Waals surface area (Å²) >= 11 is 0. The Kier molecular flexibility index (Phi) is 6.33. The third-order valence-corrected chi connectivity index (χ3v) is 7.78. The van der Waals surface area contributed by atoms with Crippen LogP contribution in [0.4, 0.5) is 23.2 Å². The maximum Gasteiger partial charge on any atom is 0.278 e. The minimum absolute atomic E-state index is 0.0745. The zero-order chi connectivity index (χ0) is 25.5. The molecule has 3 N–H and O–H groups in total. The molecular formula is C20H21F4N5O4S. The normalized spacial score (nSPS) is 24.3. The average molecular weight is 503 g/mol. The van der Waals surface area contributed by atoms with Crippen LogP contribution in [0.2, 0.25) is 0 Å². The summed E-state index contributed by atoms with van der Waals surface area (Å²) in [5, 5.41) is 2.37. The Hall–Kier alpha value is -3.29. The number of nitrogens with two attached hydrogens (primary N) is 1. The van der Waals surface area contributed by atoms with E-state index in [0.717, 1.165) is 50.7 Å². The minimum Gasteiger partial charge on any atom is -0.445 e. The van der Waals surface area contributed by atoms with Gasteiger partial charge < -0.3 is 15.8 Å². The van der Waals surface area contributed by atoms with Crippen molar-refractivity contribution < 1.29 is 35.5 Å². The summed E-state index contributed by atoms with van der Waals surface area (Å²) in [6.45, 7) is 0.825. The second-order valence-corrected chi connectivity index (χ2v) is 10.5. The van der Waals surface area contributed by atoms with Gasteiger partial charge in [-0.3, -0.25) is 9.79 Å². The Morgan fingerprint density at radius 2 is 1.91 bits per heavy atom. The number of nitrogens with one attached hydrogen (secondary N) is 1. The fourth-order valence-electron chi connectivity index (χ4n) is 3.44. The molecule has 184 valence electrons. The van der Waals surface area contributed by atoms with Gasteiger partial charge in [-0.2, -0.15) is 0 Å². The average Bonchev–Trinajstić information content (AvgIpc) is 2.73. The first-order chi connectivity index (χ1) is 15.6. The van der Waals surface area contributed by atoms with E-state index < -0.39 is 62.5 Å². The molecule has 0 aliphatic carbocycles. The number of amides is 1. The second-order valence-electron chi connectivity index (χ2n) is 8.10. The summed E-state index contributed by atoms with van der Waals surface area (Å²) in [4.78, 5) is 23.6. The highest BCUT2D eigenvalue weighted by atomic mass is 32.2. The maximum atomic E-state index is 15.3. The van der Waals surface area contributed by atoms with Crippen molar-refractivity contribution >= 4 is 27.3 Å². The van der Waals surface area contributed by atoms with E-state index in [0.29, 0.717) is 0 Å². The topological polar surface area (TPSA) is 137 Å². The van der Waals surface area contributed by atoms with E-state index in [1.54, 1.807) is 0 Å². The van der Waals surface area contributed by atoms with Crippen LogP contribution in [0, 0.1) is 5.82 Å². The molecule has 2 heterocycles. The molecular weight excluding hydrogens is 482 g/mol. The van der Waals surface area contributed by atoms with Crippen molar-refractivity contribution in [1.82, 2.24) is 9.97 Å². The first-order valence-corrected chi connectivity index (χ1v) is 11.6. The summed E-state index contributed by atoms with van der Waals surface area (Å²) in [7, 11) is -4.08. The molecule has 0 unspecified atom stereocenters. The molecule has 0 saturated heterocycles. The van der Waals surface area contributed by atoms with Gasteiger partial charge in [0, 0.05) is 23.9 Å². The maximum absolute atomic E-state index is 15.3. The van der Waals surface area contributed by atoms with E-state index in [1.807, 2.05) is 0 Å². The van der Waals surface area contributed by atoms with E-state index in [1.165, 1.54) is 0 Å². The number of nitrogens with zero attached hydrogens (tertiary/aromatic N) is 3. The number of hydrogen-bond donors (Lipinski definition) is 2. The number of aromatic nitrogens is 2. The lowest BCUT2D eigenvalue weighted by Crippen LogP contribution is -2.60. The zero-order valence-corrected chi connectivity index (χ0v) is 19.1. The number of rotatable bonds is 6. The van der Waals surface area contributed by atoms with Gasteiger partial charge in [0.2, 0.25) is 12.7 Å². The number of carbonyl (C=O) groups is 1. The van der Waals surface area contributed by atoms with Crippen LogP contribution in [-0.2, 0) is 15.4 Å². The van der Waals surface area contributed by atoms with Gasteiger partial charge in [-0.05, 0) is 32.0 Å². The van der Waals surface area contributed by atoms with Crippen LogP contribution < -0.4 is 15.8 Å². The van der Waals surface area contributed by atoms with Gasteiger partial charge in [0.1, 0.15) is 22.1 Å². The van der Waals surface area contributed by atoms with Crippen LogP contribution in [0.15, 0.2) is 35.6 Å². The lowest BCUT2D eigenvalue weighted by atomic mass is 9.78. The highest BCUT2D eigenvalue weighted by Crippen LogP contribution is 2.51. The molecule has 9 nitrogen and oxygen atoms in total. The predicted molar refractivity (Wildman–Crippen MR) is 115 cm³/mol. The molecule has 1 aliphatic heterocycles. The van der Waals surface area contributed by atoms with E-state index in [2.05, 4.69) is 25.0 Å². The summed E-state index contributed by atoms with van der Waals surface area (Å²) in [5.41, 5.74) is 2.36. The van der Waals surface area contributed by atoms with Crippen molar-refractivity contribution in [2.24, 2.45) is 10.7 Å². The number of sulfone groups is 1. The van der Waals surface area contributed by atoms with Crippen molar-refractivity contribution in [1.29, 1.82) is 0 Å². The highest BCUT2D eigenvalue weighted by Gasteiger charge is 2.62. The first kappa shape index (κ1) is 25.3. The summed E-state index contributed by atoms with van der Waals surface area (Å²) < 4.78 is 84.2. The molecule has 0 saturated carbocycles. The molecule has 1 aromatic heterocycles. The Bertz CT molecular complexity index is 1260. The molecule has 0 spiro atoms. The van der Waals surface area contributed by atoms with Crippen molar-refractivity contribution in [2.75, 3.05) is 18.4 Å². The molecule has 1 aliphatic rings. The fourth-order valence-corrected chi connectivity index (χ4v) is 4.31. The number of benzene rings is 1. The van der Waals surface area contributed by atoms with E-state index in [4.69, 9.17) is 5.73 Å². The predicted octanol–water partition coefficient (Wildman–Crippen LogP) is 2.59. The quantitative estimate of drug-likeness (QED) is 0.578. The molecule has 34 heavy (non-hydrogen) atoms. The van der Waals surface area contributed by atoms with Gasteiger partial charge in [0.15, 0.2) is 15.4 Å². The minimum atomic E-state index is -4.08. The number of amidine groups is 1. The third kappa shape index (κ3) is 4.29. The SMILES string of the molecule is C[C@]1(c2cc(NC(=O)c3cnc(OCF)cn3)ccc2F)N=C(N)[C@](C)(S(C)(=O)=O)CC1(F)F. The van der Waals surface area contributed by atoms with Gasteiger partial charge >= 0.3 is 0 Å². The Labute approximate surface area is 192 Å². The van der Waals surface area contributed by atoms with Crippen LogP contribution in [-0.4, -0.2) is 53.9 Å². The van der Waals surface area contributed by atoms with Crippen LogP contribution in [0.1, 0.15) is 36.3 Å². The van der Waals surface area contributed by atoms with E-state index >= 15 is 8.78 Å². The molecule has 3 rings (SSSR count). The number of alkyl halides is 3. The summed E-state index contributed by atoms with van der Waals surface area (Å²) in [5.74, 6) is -6.44. The zero-order valence-electron chi connectivity index (χ0n) is 18.3. The second kappa shape index (κ2) is 8.49. The molecule has 2 aromatic rings. The van der Waals surface area contributed by atoms with Crippen molar-refractivity contribution in [3.05, 3.63) is 47.7 Å². The van der Waals surface area contributed by atoms with Crippen LogP contribution >= 0.6 is 0 Å². The van der Waals surface area contributed by atoms with Gasteiger partial charge in [-0.1, -0.05) is 0 Å². The lowest BCUT2D eigenvalue weighted by Gasteiger charge is -2.44.